The van der Waals surface area contributed by atoms with E-state index in [0.717, 1.165) is 58.2 Å². The highest BCUT2D eigenvalue weighted by molar-refractivity contribution is 7.17. The number of rotatable bonds is 7. The Kier molecular flexibility index (Phi) is 5.02. The van der Waals surface area contributed by atoms with E-state index in [-0.39, 0.29) is 0 Å². The van der Waals surface area contributed by atoms with E-state index in [9.17, 15) is 0 Å². The van der Waals surface area contributed by atoms with Crippen molar-refractivity contribution in [2.75, 3.05) is 19.0 Å². The Morgan fingerprint density at radius 3 is 2.78 bits per heavy atom. The summed E-state index contributed by atoms with van der Waals surface area (Å²) in [6, 6.07) is 8.10. The molecule has 0 aliphatic rings. The third-order valence-electron chi connectivity index (χ3n) is 4.39. The van der Waals surface area contributed by atoms with Gasteiger partial charge in [-0.1, -0.05) is 12.1 Å². The first kappa shape index (κ1) is 17.5. The molecule has 4 aromatic rings. The summed E-state index contributed by atoms with van der Waals surface area (Å²) in [5.74, 6) is 2.53. The number of thiophene rings is 1. The maximum absolute atomic E-state index is 5.27. The molecule has 0 saturated heterocycles. The van der Waals surface area contributed by atoms with Gasteiger partial charge in [-0.15, -0.1) is 11.3 Å². The van der Waals surface area contributed by atoms with Gasteiger partial charge in [0.05, 0.1) is 18.8 Å². The van der Waals surface area contributed by atoms with Crippen molar-refractivity contribution in [3.05, 3.63) is 54.2 Å². The minimum absolute atomic E-state index is 0.780. The maximum atomic E-state index is 5.27. The molecule has 27 heavy (non-hydrogen) atoms. The molecular formula is C20H21N5OS. The Balaban J connectivity index is 1.59. The van der Waals surface area contributed by atoms with Gasteiger partial charge in [0.25, 0.3) is 0 Å². The number of ether oxygens (including phenoxy) is 1. The fourth-order valence-electron chi connectivity index (χ4n) is 3.05. The smallest absolute Gasteiger partial charge is 0.139 e. The number of nitrogens with zero attached hydrogens (tertiary/aromatic N) is 4. The minimum atomic E-state index is 0.780. The molecule has 0 fully saturated rings. The van der Waals surface area contributed by atoms with Gasteiger partial charge in [-0.05, 0) is 31.0 Å². The largest absolute Gasteiger partial charge is 0.497 e. The molecule has 0 aliphatic heterocycles. The van der Waals surface area contributed by atoms with E-state index in [1.54, 1.807) is 24.6 Å². The SMILES string of the molecule is COc1ccc(-c2csc3nc(C)nc(NCCCn4ccnc4)c23)cc1. The minimum Gasteiger partial charge on any atom is -0.497 e. The summed E-state index contributed by atoms with van der Waals surface area (Å²) >= 11 is 1.65. The van der Waals surface area contributed by atoms with Crippen LogP contribution in [0.2, 0.25) is 0 Å². The number of aryl methyl sites for hydroxylation is 2. The quantitative estimate of drug-likeness (QED) is 0.483. The predicted molar refractivity (Wildman–Crippen MR) is 109 cm³/mol. The number of methoxy groups -OCH3 is 1. The van der Waals surface area contributed by atoms with Crippen molar-refractivity contribution in [2.45, 2.75) is 19.9 Å². The average Bonchev–Trinajstić information content (AvgIpc) is 3.35. The molecule has 138 valence electrons. The van der Waals surface area contributed by atoms with Crippen LogP contribution in [0, 0.1) is 6.92 Å². The average molecular weight is 379 g/mol. The van der Waals surface area contributed by atoms with Crippen LogP contribution in [-0.4, -0.2) is 33.2 Å². The Labute approximate surface area is 161 Å². The lowest BCUT2D eigenvalue weighted by molar-refractivity contribution is 0.415. The van der Waals surface area contributed by atoms with Gasteiger partial charge in [0.2, 0.25) is 0 Å². The fraction of sp³-hybridized carbons (Fsp3) is 0.250. The first-order valence-corrected chi connectivity index (χ1v) is 9.72. The number of aromatic nitrogens is 4. The monoisotopic (exact) mass is 379 g/mol. The lowest BCUT2D eigenvalue weighted by Gasteiger charge is -2.10. The molecule has 0 amide bonds. The van der Waals surface area contributed by atoms with Crippen LogP contribution in [0.1, 0.15) is 12.2 Å². The summed E-state index contributed by atoms with van der Waals surface area (Å²) in [5.41, 5.74) is 2.28. The van der Waals surface area contributed by atoms with E-state index in [2.05, 4.69) is 42.3 Å². The van der Waals surface area contributed by atoms with Crippen molar-refractivity contribution < 1.29 is 4.74 Å². The van der Waals surface area contributed by atoms with Gasteiger partial charge >= 0.3 is 0 Å². The Morgan fingerprint density at radius 2 is 2.04 bits per heavy atom. The lowest BCUT2D eigenvalue weighted by atomic mass is 10.1. The van der Waals surface area contributed by atoms with Gasteiger partial charge in [-0.25, -0.2) is 15.0 Å². The summed E-state index contributed by atoms with van der Waals surface area (Å²) in [4.78, 5) is 14.4. The van der Waals surface area contributed by atoms with E-state index in [4.69, 9.17) is 4.74 Å². The number of nitrogens with one attached hydrogen (secondary N) is 1. The van der Waals surface area contributed by atoms with Crippen LogP contribution in [0.5, 0.6) is 5.75 Å². The third-order valence-corrected chi connectivity index (χ3v) is 5.26. The summed E-state index contributed by atoms with van der Waals surface area (Å²) in [6.07, 6.45) is 6.61. The van der Waals surface area contributed by atoms with Crippen LogP contribution in [0.25, 0.3) is 21.3 Å². The first-order chi connectivity index (χ1) is 13.2. The van der Waals surface area contributed by atoms with Gasteiger partial charge in [0.15, 0.2) is 0 Å². The number of fused-ring (bicyclic) bond motifs is 1. The van der Waals surface area contributed by atoms with Crippen LogP contribution in [-0.2, 0) is 6.54 Å². The molecule has 6 nitrogen and oxygen atoms in total. The molecule has 1 aromatic carbocycles. The maximum Gasteiger partial charge on any atom is 0.139 e. The normalized spacial score (nSPS) is 11.0. The second-order valence-corrected chi connectivity index (χ2v) is 7.12. The van der Waals surface area contributed by atoms with Gasteiger partial charge in [-0.2, -0.15) is 0 Å². The van der Waals surface area contributed by atoms with Crippen molar-refractivity contribution in [1.29, 1.82) is 0 Å². The molecule has 0 bridgehead atoms. The second kappa shape index (κ2) is 7.75. The zero-order chi connectivity index (χ0) is 18.6. The summed E-state index contributed by atoms with van der Waals surface area (Å²) in [6.45, 7) is 3.69. The van der Waals surface area contributed by atoms with Crippen molar-refractivity contribution in [1.82, 2.24) is 19.5 Å². The van der Waals surface area contributed by atoms with Crippen LogP contribution in [0.4, 0.5) is 5.82 Å². The number of benzene rings is 1. The number of anilines is 1. The molecule has 1 N–H and O–H groups in total. The molecule has 3 heterocycles. The molecule has 0 aliphatic carbocycles. The van der Waals surface area contributed by atoms with E-state index in [1.807, 2.05) is 31.6 Å². The number of imidazole rings is 1. The topological polar surface area (TPSA) is 64.9 Å². The fourth-order valence-corrected chi connectivity index (χ4v) is 4.04. The Bertz CT molecular complexity index is 1020. The molecular weight excluding hydrogens is 358 g/mol. The zero-order valence-corrected chi connectivity index (χ0v) is 16.2. The van der Waals surface area contributed by atoms with Gasteiger partial charge in [0, 0.05) is 36.4 Å². The molecule has 0 radical (unpaired) electrons. The summed E-state index contributed by atoms with van der Waals surface area (Å²) < 4.78 is 7.35. The summed E-state index contributed by atoms with van der Waals surface area (Å²) in [7, 11) is 1.68. The second-order valence-electron chi connectivity index (χ2n) is 6.26. The highest BCUT2D eigenvalue weighted by atomic mass is 32.1. The van der Waals surface area contributed by atoms with Crippen molar-refractivity contribution >= 4 is 27.4 Å². The molecule has 4 rings (SSSR count). The van der Waals surface area contributed by atoms with E-state index in [1.165, 1.54) is 0 Å². The Hall–Kier alpha value is -2.93. The highest BCUT2D eigenvalue weighted by Crippen LogP contribution is 2.37. The van der Waals surface area contributed by atoms with E-state index < -0.39 is 0 Å². The van der Waals surface area contributed by atoms with Crippen LogP contribution >= 0.6 is 11.3 Å². The van der Waals surface area contributed by atoms with Crippen molar-refractivity contribution in [3.63, 3.8) is 0 Å². The van der Waals surface area contributed by atoms with Gasteiger partial charge < -0.3 is 14.6 Å². The van der Waals surface area contributed by atoms with E-state index >= 15 is 0 Å². The molecule has 0 spiro atoms. The van der Waals surface area contributed by atoms with Gasteiger partial charge in [-0.3, -0.25) is 0 Å². The van der Waals surface area contributed by atoms with Crippen molar-refractivity contribution in [2.24, 2.45) is 0 Å². The molecule has 0 unspecified atom stereocenters. The number of hydrogen-bond acceptors (Lipinski definition) is 6. The molecule has 3 aromatic heterocycles. The zero-order valence-electron chi connectivity index (χ0n) is 15.3. The molecule has 7 heteroatoms. The standard InChI is InChI=1S/C20H21N5OS/c1-14-23-19(22-8-3-10-25-11-9-21-13-25)18-17(12-27-20(18)24-14)15-4-6-16(26-2)7-5-15/h4-7,9,11-13H,3,8,10H2,1-2H3,(H,22,23,24). The Morgan fingerprint density at radius 1 is 1.19 bits per heavy atom. The van der Waals surface area contributed by atoms with Crippen LogP contribution in [0.3, 0.4) is 0 Å². The first-order valence-electron chi connectivity index (χ1n) is 8.84. The van der Waals surface area contributed by atoms with Crippen molar-refractivity contribution in [3.8, 4) is 16.9 Å². The van der Waals surface area contributed by atoms with Crippen LogP contribution < -0.4 is 10.1 Å². The summed E-state index contributed by atoms with van der Waals surface area (Å²) in [5, 5.41) is 6.74. The predicted octanol–water partition coefficient (Wildman–Crippen LogP) is 4.37. The number of hydrogen-bond donors (Lipinski definition) is 1. The van der Waals surface area contributed by atoms with Crippen LogP contribution in [0.15, 0.2) is 48.4 Å². The van der Waals surface area contributed by atoms with E-state index in [0.29, 0.717) is 0 Å². The third kappa shape index (κ3) is 3.78. The molecule has 0 atom stereocenters. The van der Waals surface area contributed by atoms with Gasteiger partial charge in [0.1, 0.15) is 22.2 Å². The highest BCUT2D eigenvalue weighted by Gasteiger charge is 2.14. The lowest BCUT2D eigenvalue weighted by Crippen LogP contribution is -2.08. The molecule has 0 saturated carbocycles.